The molecule has 2 aromatic heterocycles. The number of nitrogens with two attached hydrogens (primary N) is 1. The van der Waals surface area contributed by atoms with Crippen molar-refractivity contribution < 1.29 is 0 Å². The molecule has 0 bridgehead atoms. The summed E-state index contributed by atoms with van der Waals surface area (Å²) >= 11 is 3.35. The Morgan fingerprint density at radius 2 is 2.27 bits per heavy atom. The minimum absolute atomic E-state index is 0.741. The maximum atomic E-state index is 5.61. The second-order valence-corrected chi connectivity index (χ2v) is 3.09. The number of hydrogen-bond acceptors (Lipinski definition) is 2. The summed E-state index contributed by atoms with van der Waals surface area (Å²) in [5.41, 5.74) is 7.35. The van der Waals surface area contributed by atoms with Crippen LogP contribution in [0.2, 0.25) is 0 Å². The maximum absolute atomic E-state index is 5.61. The molecule has 2 rings (SSSR count). The van der Waals surface area contributed by atoms with E-state index in [0.717, 1.165) is 15.8 Å². The average Bonchev–Trinajstić information content (AvgIpc) is 2.34. The SMILES string of the molecule is Nc1cc(Br)n2nccc2c1. The van der Waals surface area contributed by atoms with Gasteiger partial charge in [-0.25, -0.2) is 4.52 Å². The molecule has 3 nitrogen and oxygen atoms in total. The summed E-state index contributed by atoms with van der Waals surface area (Å²) in [4.78, 5) is 0. The zero-order chi connectivity index (χ0) is 7.84. The van der Waals surface area contributed by atoms with Crippen molar-refractivity contribution in [3.63, 3.8) is 0 Å². The Morgan fingerprint density at radius 1 is 1.45 bits per heavy atom. The summed E-state index contributed by atoms with van der Waals surface area (Å²) in [5, 5.41) is 4.07. The number of pyridine rings is 1. The zero-order valence-electron chi connectivity index (χ0n) is 5.66. The van der Waals surface area contributed by atoms with Crippen LogP contribution < -0.4 is 5.73 Å². The monoisotopic (exact) mass is 211 g/mol. The Hall–Kier alpha value is -1.03. The number of anilines is 1. The molecule has 0 spiro atoms. The molecule has 0 saturated carbocycles. The van der Waals surface area contributed by atoms with E-state index in [4.69, 9.17) is 5.73 Å². The Kier molecular flexibility index (Phi) is 1.35. The lowest BCUT2D eigenvalue weighted by atomic mass is 10.4. The van der Waals surface area contributed by atoms with E-state index in [2.05, 4.69) is 21.0 Å². The van der Waals surface area contributed by atoms with Gasteiger partial charge in [-0.3, -0.25) is 0 Å². The van der Waals surface area contributed by atoms with E-state index in [0.29, 0.717) is 0 Å². The zero-order valence-corrected chi connectivity index (χ0v) is 7.25. The molecule has 2 N–H and O–H groups in total. The van der Waals surface area contributed by atoms with E-state index in [1.54, 1.807) is 10.7 Å². The van der Waals surface area contributed by atoms with Gasteiger partial charge in [0.05, 0.1) is 11.7 Å². The van der Waals surface area contributed by atoms with Crippen molar-refractivity contribution in [3.8, 4) is 0 Å². The first-order valence-electron chi connectivity index (χ1n) is 3.16. The molecule has 4 heteroatoms. The fourth-order valence-electron chi connectivity index (χ4n) is 1.01. The smallest absolute Gasteiger partial charge is 0.110 e. The van der Waals surface area contributed by atoms with Crippen LogP contribution in [0.25, 0.3) is 5.52 Å². The molecule has 0 aliphatic carbocycles. The van der Waals surface area contributed by atoms with Crippen molar-refractivity contribution in [3.05, 3.63) is 29.0 Å². The summed E-state index contributed by atoms with van der Waals surface area (Å²) in [6.45, 7) is 0. The van der Waals surface area contributed by atoms with Gasteiger partial charge in [0.1, 0.15) is 4.60 Å². The third kappa shape index (κ3) is 0.991. The van der Waals surface area contributed by atoms with Gasteiger partial charge in [0, 0.05) is 5.69 Å². The topological polar surface area (TPSA) is 43.3 Å². The van der Waals surface area contributed by atoms with Crippen LogP contribution in [0.3, 0.4) is 0 Å². The molecular formula is C7H6BrN3. The summed E-state index contributed by atoms with van der Waals surface area (Å²) in [6, 6.07) is 5.60. The number of fused-ring (bicyclic) bond motifs is 1. The quantitative estimate of drug-likeness (QED) is 0.675. The fraction of sp³-hybridized carbons (Fsp3) is 0. The van der Waals surface area contributed by atoms with Crippen molar-refractivity contribution in [2.24, 2.45) is 0 Å². The van der Waals surface area contributed by atoms with Gasteiger partial charge in [0.15, 0.2) is 0 Å². The maximum Gasteiger partial charge on any atom is 0.110 e. The molecular weight excluding hydrogens is 206 g/mol. The van der Waals surface area contributed by atoms with Gasteiger partial charge in [-0.2, -0.15) is 5.10 Å². The first-order chi connectivity index (χ1) is 5.27. The number of nitrogen functional groups attached to an aromatic ring is 1. The van der Waals surface area contributed by atoms with Crippen LogP contribution in [-0.4, -0.2) is 9.61 Å². The highest BCUT2D eigenvalue weighted by Crippen LogP contribution is 2.16. The summed E-state index contributed by atoms with van der Waals surface area (Å²) in [5.74, 6) is 0. The van der Waals surface area contributed by atoms with Crippen LogP contribution in [0.1, 0.15) is 0 Å². The predicted octanol–water partition coefficient (Wildman–Crippen LogP) is 1.68. The number of nitrogens with zero attached hydrogens (tertiary/aromatic N) is 2. The Bertz CT molecular complexity index is 393. The molecule has 0 aliphatic rings. The van der Waals surface area contributed by atoms with Crippen LogP contribution >= 0.6 is 15.9 Å². The molecule has 0 aliphatic heterocycles. The van der Waals surface area contributed by atoms with Crippen LogP contribution in [0.5, 0.6) is 0 Å². The van der Waals surface area contributed by atoms with Gasteiger partial charge in [-0.05, 0) is 34.1 Å². The van der Waals surface area contributed by atoms with E-state index in [1.807, 2.05) is 18.2 Å². The second-order valence-electron chi connectivity index (χ2n) is 2.28. The highest BCUT2D eigenvalue weighted by Gasteiger charge is 1.98. The fourth-order valence-corrected chi connectivity index (χ4v) is 1.57. The van der Waals surface area contributed by atoms with E-state index in [9.17, 15) is 0 Å². The molecule has 2 heterocycles. The molecule has 56 valence electrons. The molecule has 0 aromatic carbocycles. The normalized spacial score (nSPS) is 10.6. The Balaban J connectivity index is 2.91. The number of hydrogen-bond donors (Lipinski definition) is 1. The molecule has 0 saturated heterocycles. The van der Waals surface area contributed by atoms with Gasteiger partial charge in [0.25, 0.3) is 0 Å². The van der Waals surface area contributed by atoms with Gasteiger partial charge in [0.2, 0.25) is 0 Å². The lowest BCUT2D eigenvalue weighted by Crippen LogP contribution is -1.92. The van der Waals surface area contributed by atoms with Crippen LogP contribution in [0.15, 0.2) is 29.0 Å². The minimum Gasteiger partial charge on any atom is -0.399 e. The average molecular weight is 212 g/mol. The molecule has 0 amide bonds. The van der Waals surface area contributed by atoms with Crippen LogP contribution in [0, 0.1) is 0 Å². The van der Waals surface area contributed by atoms with E-state index < -0.39 is 0 Å². The van der Waals surface area contributed by atoms with Crippen molar-refractivity contribution in [2.75, 3.05) is 5.73 Å². The molecule has 0 atom stereocenters. The van der Waals surface area contributed by atoms with E-state index in [-0.39, 0.29) is 0 Å². The molecule has 0 fully saturated rings. The lowest BCUT2D eigenvalue weighted by Gasteiger charge is -1.98. The molecule has 0 unspecified atom stereocenters. The number of halogens is 1. The summed E-state index contributed by atoms with van der Waals surface area (Å²) in [7, 11) is 0. The van der Waals surface area contributed by atoms with Gasteiger partial charge < -0.3 is 5.73 Å². The van der Waals surface area contributed by atoms with Gasteiger partial charge >= 0.3 is 0 Å². The lowest BCUT2D eigenvalue weighted by molar-refractivity contribution is 0.936. The first kappa shape index (κ1) is 6.67. The first-order valence-corrected chi connectivity index (χ1v) is 3.95. The van der Waals surface area contributed by atoms with Gasteiger partial charge in [-0.1, -0.05) is 0 Å². The highest BCUT2D eigenvalue weighted by atomic mass is 79.9. The Labute approximate surface area is 71.9 Å². The van der Waals surface area contributed by atoms with Gasteiger partial charge in [-0.15, -0.1) is 0 Å². The standard InChI is InChI=1S/C7H6BrN3/c8-7-4-5(9)3-6-1-2-10-11(6)7/h1-4H,9H2. The van der Waals surface area contributed by atoms with E-state index in [1.165, 1.54) is 0 Å². The predicted molar refractivity (Wildman–Crippen MR) is 47.3 cm³/mol. The molecule has 0 radical (unpaired) electrons. The number of aromatic nitrogens is 2. The second kappa shape index (κ2) is 2.23. The minimum atomic E-state index is 0.741. The molecule has 2 aromatic rings. The van der Waals surface area contributed by atoms with Crippen molar-refractivity contribution >= 4 is 27.1 Å². The summed E-state index contributed by atoms with van der Waals surface area (Å²) in [6.07, 6.45) is 1.74. The van der Waals surface area contributed by atoms with Crippen LogP contribution in [-0.2, 0) is 0 Å². The molecule has 11 heavy (non-hydrogen) atoms. The van der Waals surface area contributed by atoms with Crippen molar-refractivity contribution in [1.82, 2.24) is 9.61 Å². The third-order valence-corrected chi connectivity index (χ3v) is 2.04. The summed E-state index contributed by atoms with van der Waals surface area (Å²) < 4.78 is 2.65. The third-order valence-electron chi connectivity index (χ3n) is 1.47. The van der Waals surface area contributed by atoms with Crippen LogP contribution in [0.4, 0.5) is 5.69 Å². The largest absolute Gasteiger partial charge is 0.399 e. The van der Waals surface area contributed by atoms with Crippen molar-refractivity contribution in [1.29, 1.82) is 0 Å². The highest BCUT2D eigenvalue weighted by molar-refractivity contribution is 9.10. The Morgan fingerprint density at radius 3 is 3.09 bits per heavy atom. The van der Waals surface area contributed by atoms with E-state index >= 15 is 0 Å². The van der Waals surface area contributed by atoms with Crippen molar-refractivity contribution in [2.45, 2.75) is 0 Å². The number of rotatable bonds is 0.